The SMILES string of the molecule is CCOC(=O)C1CCCN(C(=O)CSc2n[nH]c(-c3ccccc3)n2)C1. The number of nitrogens with one attached hydrogen (secondary N) is 1. The average molecular weight is 374 g/mol. The van der Waals surface area contributed by atoms with E-state index in [0.29, 0.717) is 30.7 Å². The maximum atomic E-state index is 12.5. The van der Waals surface area contributed by atoms with Crippen LogP contribution in [0.2, 0.25) is 0 Å². The molecule has 1 aliphatic rings. The number of thioether (sulfide) groups is 1. The van der Waals surface area contributed by atoms with Gasteiger partial charge in [-0.2, -0.15) is 0 Å². The number of aromatic nitrogens is 3. The van der Waals surface area contributed by atoms with Gasteiger partial charge in [0, 0.05) is 18.7 Å². The fourth-order valence-corrected chi connectivity index (χ4v) is 3.61. The summed E-state index contributed by atoms with van der Waals surface area (Å²) in [6.45, 7) is 3.27. The van der Waals surface area contributed by atoms with Crippen molar-refractivity contribution in [2.75, 3.05) is 25.4 Å². The smallest absolute Gasteiger partial charge is 0.310 e. The molecule has 0 aliphatic carbocycles. The molecule has 1 N–H and O–H groups in total. The van der Waals surface area contributed by atoms with E-state index < -0.39 is 0 Å². The minimum absolute atomic E-state index is 0.00457. The Morgan fingerprint density at radius 1 is 1.35 bits per heavy atom. The first kappa shape index (κ1) is 18.4. The lowest BCUT2D eigenvalue weighted by Gasteiger charge is -2.31. The summed E-state index contributed by atoms with van der Waals surface area (Å²) >= 11 is 1.30. The predicted octanol–water partition coefficient (Wildman–Crippen LogP) is 2.37. The predicted molar refractivity (Wildman–Crippen MR) is 98.5 cm³/mol. The second kappa shape index (κ2) is 8.84. The number of ether oxygens (including phenoxy) is 1. The molecule has 8 heteroatoms. The first-order valence-corrected chi connectivity index (χ1v) is 9.71. The third kappa shape index (κ3) is 4.63. The highest BCUT2D eigenvalue weighted by Crippen LogP contribution is 2.22. The molecular formula is C18H22N4O3S. The van der Waals surface area contributed by atoms with E-state index in [9.17, 15) is 9.59 Å². The summed E-state index contributed by atoms with van der Waals surface area (Å²) in [5.41, 5.74) is 0.950. The third-order valence-electron chi connectivity index (χ3n) is 4.23. The molecule has 0 radical (unpaired) electrons. The molecule has 1 aromatic heterocycles. The van der Waals surface area contributed by atoms with Crippen LogP contribution in [0.1, 0.15) is 19.8 Å². The lowest BCUT2D eigenvalue weighted by atomic mass is 9.98. The van der Waals surface area contributed by atoms with Gasteiger partial charge in [0.25, 0.3) is 0 Å². The summed E-state index contributed by atoms with van der Waals surface area (Å²) < 4.78 is 5.08. The second-order valence-electron chi connectivity index (χ2n) is 6.05. The highest BCUT2D eigenvalue weighted by atomic mass is 32.2. The summed E-state index contributed by atoms with van der Waals surface area (Å²) in [5.74, 6) is 0.502. The molecule has 1 amide bonds. The van der Waals surface area contributed by atoms with E-state index in [1.165, 1.54) is 11.8 Å². The summed E-state index contributed by atoms with van der Waals surface area (Å²) in [6, 6.07) is 9.71. The number of hydrogen-bond donors (Lipinski definition) is 1. The van der Waals surface area contributed by atoms with Crippen molar-refractivity contribution >= 4 is 23.6 Å². The molecule has 0 spiro atoms. The number of piperidine rings is 1. The van der Waals surface area contributed by atoms with Gasteiger partial charge in [0.15, 0.2) is 5.82 Å². The standard InChI is InChI=1S/C18H22N4O3S/c1-2-25-17(24)14-9-6-10-22(11-14)15(23)12-26-18-19-16(20-21-18)13-7-4-3-5-8-13/h3-5,7-8,14H,2,6,9-12H2,1H3,(H,19,20,21). The number of likely N-dealkylation sites (tertiary alicyclic amines) is 1. The molecule has 2 aromatic rings. The van der Waals surface area contributed by atoms with Crippen molar-refractivity contribution in [2.45, 2.75) is 24.9 Å². The van der Waals surface area contributed by atoms with Gasteiger partial charge >= 0.3 is 5.97 Å². The Balaban J connectivity index is 1.52. The lowest BCUT2D eigenvalue weighted by molar-refractivity contribution is -0.151. The molecule has 7 nitrogen and oxygen atoms in total. The van der Waals surface area contributed by atoms with Gasteiger partial charge in [0.2, 0.25) is 11.1 Å². The highest BCUT2D eigenvalue weighted by molar-refractivity contribution is 7.99. The van der Waals surface area contributed by atoms with E-state index in [1.807, 2.05) is 30.3 Å². The molecule has 0 saturated carbocycles. The molecule has 3 rings (SSSR count). The van der Waals surface area contributed by atoms with Gasteiger partial charge in [0.05, 0.1) is 18.3 Å². The van der Waals surface area contributed by atoms with E-state index in [0.717, 1.165) is 18.4 Å². The zero-order valence-corrected chi connectivity index (χ0v) is 15.5. The number of hydrogen-bond acceptors (Lipinski definition) is 6. The molecule has 0 bridgehead atoms. The molecule has 1 atom stereocenters. The number of carbonyl (C=O) groups is 2. The van der Waals surface area contributed by atoms with Crippen LogP contribution in [0.3, 0.4) is 0 Å². The number of aromatic amines is 1. The number of carbonyl (C=O) groups excluding carboxylic acids is 2. The van der Waals surface area contributed by atoms with Gasteiger partial charge in [-0.25, -0.2) is 4.98 Å². The Morgan fingerprint density at radius 3 is 2.92 bits per heavy atom. The number of benzene rings is 1. The molecule has 1 fully saturated rings. The van der Waals surface area contributed by atoms with Crippen molar-refractivity contribution in [3.05, 3.63) is 30.3 Å². The monoisotopic (exact) mass is 374 g/mol. The molecular weight excluding hydrogens is 352 g/mol. The van der Waals surface area contributed by atoms with E-state index in [2.05, 4.69) is 15.2 Å². The van der Waals surface area contributed by atoms with Gasteiger partial charge in [0.1, 0.15) is 0 Å². The maximum absolute atomic E-state index is 12.5. The third-order valence-corrected chi connectivity index (χ3v) is 5.06. The fourth-order valence-electron chi connectivity index (χ4n) is 2.91. The Kier molecular flexibility index (Phi) is 6.27. The van der Waals surface area contributed by atoms with Gasteiger partial charge in [-0.1, -0.05) is 42.1 Å². The van der Waals surface area contributed by atoms with Crippen LogP contribution in [0.4, 0.5) is 0 Å². The molecule has 138 valence electrons. The molecule has 2 heterocycles. The van der Waals surface area contributed by atoms with Gasteiger partial charge in [-0.3, -0.25) is 14.7 Å². The molecule has 1 saturated heterocycles. The molecule has 26 heavy (non-hydrogen) atoms. The Hall–Kier alpha value is -2.35. The van der Waals surface area contributed by atoms with Crippen LogP contribution >= 0.6 is 11.8 Å². The molecule has 1 aromatic carbocycles. The lowest BCUT2D eigenvalue weighted by Crippen LogP contribution is -2.43. The van der Waals surface area contributed by atoms with Gasteiger partial charge in [-0.05, 0) is 19.8 Å². The molecule has 1 unspecified atom stereocenters. The zero-order chi connectivity index (χ0) is 18.4. The van der Waals surface area contributed by atoms with Crippen molar-refractivity contribution in [1.82, 2.24) is 20.1 Å². The van der Waals surface area contributed by atoms with Crippen molar-refractivity contribution in [2.24, 2.45) is 5.92 Å². The van der Waals surface area contributed by atoms with Crippen molar-refractivity contribution in [3.63, 3.8) is 0 Å². The minimum atomic E-state index is -0.217. The van der Waals surface area contributed by atoms with Crippen LogP contribution in [0, 0.1) is 5.92 Å². The number of esters is 1. The summed E-state index contributed by atoms with van der Waals surface area (Å²) in [6.07, 6.45) is 1.59. The zero-order valence-electron chi connectivity index (χ0n) is 14.7. The topological polar surface area (TPSA) is 88.2 Å². The van der Waals surface area contributed by atoms with Crippen LogP contribution in [0.25, 0.3) is 11.4 Å². The normalized spacial score (nSPS) is 17.1. The number of H-pyrrole nitrogens is 1. The van der Waals surface area contributed by atoms with Gasteiger partial charge in [-0.15, -0.1) is 5.10 Å². The minimum Gasteiger partial charge on any atom is -0.466 e. The van der Waals surface area contributed by atoms with Crippen molar-refractivity contribution in [3.8, 4) is 11.4 Å². The van der Waals surface area contributed by atoms with E-state index in [1.54, 1.807) is 11.8 Å². The summed E-state index contributed by atoms with van der Waals surface area (Å²) in [5, 5.41) is 7.59. The first-order chi connectivity index (χ1) is 12.7. The second-order valence-corrected chi connectivity index (χ2v) is 6.99. The van der Waals surface area contributed by atoms with E-state index >= 15 is 0 Å². The van der Waals surface area contributed by atoms with Crippen LogP contribution in [-0.4, -0.2) is 57.4 Å². The van der Waals surface area contributed by atoms with Crippen molar-refractivity contribution in [1.29, 1.82) is 0 Å². The van der Waals surface area contributed by atoms with Crippen LogP contribution in [0.5, 0.6) is 0 Å². The van der Waals surface area contributed by atoms with E-state index in [-0.39, 0.29) is 23.5 Å². The quantitative estimate of drug-likeness (QED) is 0.617. The highest BCUT2D eigenvalue weighted by Gasteiger charge is 2.29. The van der Waals surface area contributed by atoms with E-state index in [4.69, 9.17) is 4.74 Å². The van der Waals surface area contributed by atoms with Gasteiger partial charge < -0.3 is 9.64 Å². The van der Waals surface area contributed by atoms with Crippen molar-refractivity contribution < 1.29 is 14.3 Å². The Labute approximate surface area is 156 Å². The molecule has 1 aliphatic heterocycles. The van der Waals surface area contributed by atoms with Crippen LogP contribution in [-0.2, 0) is 14.3 Å². The average Bonchev–Trinajstić information content (AvgIpc) is 3.16. The fraction of sp³-hybridized carbons (Fsp3) is 0.444. The largest absolute Gasteiger partial charge is 0.466 e. The van der Waals surface area contributed by atoms with Crippen LogP contribution < -0.4 is 0 Å². The summed E-state index contributed by atoms with van der Waals surface area (Å²) in [7, 11) is 0. The van der Waals surface area contributed by atoms with Crippen LogP contribution in [0.15, 0.2) is 35.5 Å². The number of rotatable bonds is 6. The number of amides is 1. The Bertz CT molecular complexity index is 750. The first-order valence-electron chi connectivity index (χ1n) is 8.72. The summed E-state index contributed by atoms with van der Waals surface area (Å²) in [4.78, 5) is 30.5. The number of nitrogens with zero attached hydrogens (tertiary/aromatic N) is 3. The Morgan fingerprint density at radius 2 is 2.15 bits per heavy atom. The maximum Gasteiger partial charge on any atom is 0.310 e.